The fourth-order valence-corrected chi connectivity index (χ4v) is 3.39. The van der Waals surface area contributed by atoms with Gasteiger partial charge in [0, 0.05) is 6.54 Å². The lowest BCUT2D eigenvalue weighted by Gasteiger charge is -2.02. The Kier molecular flexibility index (Phi) is 4.11. The summed E-state index contributed by atoms with van der Waals surface area (Å²) in [7, 11) is 0. The van der Waals surface area contributed by atoms with Crippen LogP contribution in [0.1, 0.15) is 6.92 Å². The molecular weight excluding hydrogens is 308 g/mol. The van der Waals surface area contributed by atoms with E-state index in [-0.39, 0.29) is 5.56 Å². The molecule has 0 aliphatic rings. The maximum absolute atomic E-state index is 12.3. The first kappa shape index (κ1) is 14.0. The van der Waals surface area contributed by atoms with Crippen LogP contribution in [-0.4, -0.2) is 31.7 Å². The minimum Gasteiger partial charge on any atom is -0.360 e. The van der Waals surface area contributed by atoms with Gasteiger partial charge in [-0.2, -0.15) is 4.68 Å². The van der Waals surface area contributed by atoms with Crippen LogP contribution in [0, 0.1) is 0 Å². The summed E-state index contributed by atoms with van der Waals surface area (Å²) in [5, 5.41) is 20.5. The van der Waals surface area contributed by atoms with Crippen LogP contribution in [0.4, 0.5) is 5.13 Å². The summed E-state index contributed by atoms with van der Waals surface area (Å²) in [6.45, 7) is 2.80. The van der Waals surface area contributed by atoms with Gasteiger partial charge in [-0.25, -0.2) is 0 Å². The third-order valence-corrected chi connectivity index (χ3v) is 4.66. The summed E-state index contributed by atoms with van der Waals surface area (Å²) < 4.78 is 2.12. The second-order valence-corrected chi connectivity index (χ2v) is 6.26. The number of anilines is 1. The van der Waals surface area contributed by atoms with Crippen molar-refractivity contribution in [3.63, 3.8) is 0 Å². The lowest BCUT2D eigenvalue weighted by molar-refractivity contribution is 0.644. The molecule has 108 valence electrons. The van der Waals surface area contributed by atoms with Gasteiger partial charge < -0.3 is 5.32 Å². The molecule has 1 N–H and O–H groups in total. The number of nitrogens with one attached hydrogen (secondary N) is 1. The molecule has 3 aromatic rings. The van der Waals surface area contributed by atoms with Crippen molar-refractivity contribution in [2.24, 2.45) is 0 Å². The van der Waals surface area contributed by atoms with Crippen molar-refractivity contribution in [3.05, 3.63) is 34.6 Å². The second kappa shape index (κ2) is 6.19. The molecule has 1 aromatic carbocycles. The highest BCUT2D eigenvalue weighted by atomic mass is 32.2. The van der Waals surface area contributed by atoms with Gasteiger partial charge in [-0.15, -0.1) is 15.3 Å². The molecule has 21 heavy (non-hydrogen) atoms. The van der Waals surface area contributed by atoms with E-state index in [2.05, 4.69) is 25.8 Å². The molecule has 0 saturated carbocycles. The van der Waals surface area contributed by atoms with Crippen LogP contribution in [0.5, 0.6) is 0 Å². The lowest BCUT2D eigenvalue weighted by atomic mass is 10.2. The van der Waals surface area contributed by atoms with E-state index in [9.17, 15) is 4.79 Å². The molecule has 0 unspecified atom stereocenters. The molecule has 0 aliphatic carbocycles. The quantitative estimate of drug-likeness (QED) is 0.718. The number of aromatic nitrogens is 5. The summed E-state index contributed by atoms with van der Waals surface area (Å²) in [6, 6.07) is 7.17. The second-order valence-electron chi connectivity index (χ2n) is 4.09. The highest BCUT2D eigenvalue weighted by Crippen LogP contribution is 2.25. The highest BCUT2D eigenvalue weighted by molar-refractivity contribution is 8.00. The molecule has 3 rings (SSSR count). The molecule has 2 heterocycles. The number of fused-ring (bicyclic) bond motifs is 1. The zero-order chi connectivity index (χ0) is 14.7. The van der Waals surface area contributed by atoms with Gasteiger partial charge in [0.15, 0.2) is 4.34 Å². The van der Waals surface area contributed by atoms with Crippen molar-refractivity contribution < 1.29 is 0 Å². The minimum atomic E-state index is -0.149. The van der Waals surface area contributed by atoms with Crippen molar-refractivity contribution in [1.29, 1.82) is 0 Å². The molecule has 2 aromatic heterocycles. The van der Waals surface area contributed by atoms with Gasteiger partial charge in [0.2, 0.25) is 5.13 Å². The zero-order valence-corrected chi connectivity index (χ0v) is 12.8. The Bertz CT molecular complexity index is 815. The molecule has 0 saturated heterocycles. The van der Waals surface area contributed by atoms with Crippen molar-refractivity contribution in [3.8, 4) is 0 Å². The standard InChI is InChI=1S/C12H12N6OS2/c1-2-13-11-15-16-12(21-11)20-7-18-10(19)8-5-3-4-6-9(8)14-17-18/h3-6H,2,7H2,1H3,(H,13,15). The Balaban J connectivity index is 1.78. The van der Waals surface area contributed by atoms with Gasteiger partial charge in [-0.3, -0.25) is 4.79 Å². The first-order valence-electron chi connectivity index (χ1n) is 6.30. The predicted octanol–water partition coefficient (Wildman–Crippen LogP) is 1.82. The average Bonchev–Trinajstić information content (AvgIpc) is 2.95. The Labute approximate surface area is 128 Å². The van der Waals surface area contributed by atoms with Crippen molar-refractivity contribution in [2.75, 3.05) is 11.9 Å². The number of benzene rings is 1. The number of hydrogen-bond acceptors (Lipinski definition) is 8. The van der Waals surface area contributed by atoms with Crippen LogP contribution in [0.25, 0.3) is 10.9 Å². The molecule has 0 fully saturated rings. The van der Waals surface area contributed by atoms with E-state index in [0.29, 0.717) is 16.8 Å². The van der Waals surface area contributed by atoms with E-state index in [1.165, 1.54) is 27.8 Å². The Morgan fingerprint density at radius 2 is 2.14 bits per heavy atom. The SMILES string of the molecule is CCNc1nnc(SCn2nnc3ccccc3c2=O)s1. The lowest BCUT2D eigenvalue weighted by Crippen LogP contribution is -2.23. The van der Waals surface area contributed by atoms with Gasteiger partial charge in [-0.05, 0) is 19.1 Å². The third-order valence-electron chi connectivity index (χ3n) is 2.67. The average molecular weight is 320 g/mol. The highest BCUT2D eigenvalue weighted by Gasteiger charge is 2.08. The van der Waals surface area contributed by atoms with E-state index in [0.717, 1.165) is 16.0 Å². The van der Waals surface area contributed by atoms with Crippen LogP contribution in [0.15, 0.2) is 33.4 Å². The summed E-state index contributed by atoms with van der Waals surface area (Å²) in [4.78, 5) is 12.3. The number of hydrogen-bond donors (Lipinski definition) is 1. The van der Waals surface area contributed by atoms with Crippen molar-refractivity contribution in [1.82, 2.24) is 25.2 Å². The van der Waals surface area contributed by atoms with Crippen LogP contribution in [0.3, 0.4) is 0 Å². The Hall–Kier alpha value is -2.00. The van der Waals surface area contributed by atoms with Crippen molar-refractivity contribution in [2.45, 2.75) is 17.1 Å². The molecule has 7 nitrogen and oxygen atoms in total. The summed E-state index contributed by atoms with van der Waals surface area (Å²) >= 11 is 2.86. The molecule has 0 atom stereocenters. The Morgan fingerprint density at radius 3 is 3.00 bits per heavy atom. The van der Waals surface area contributed by atoms with Gasteiger partial charge >= 0.3 is 0 Å². The summed E-state index contributed by atoms with van der Waals surface area (Å²) in [6.07, 6.45) is 0. The maximum atomic E-state index is 12.3. The molecule has 0 amide bonds. The van der Waals surface area contributed by atoms with E-state index in [1.807, 2.05) is 19.1 Å². The minimum absolute atomic E-state index is 0.149. The van der Waals surface area contributed by atoms with Gasteiger partial charge in [0.25, 0.3) is 5.56 Å². The number of rotatable bonds is 5. The largest absolute Gasteiger partial charge is 0.360 e. The molecule has 0 spiro atoms. The first-order chi connectivity index (χ1) is 10.3. The van der Waals surface area contributed by atoms with Gasteiger partial charge in [0.1, 0.15) is 5.52 Å². The molecule has 0 aliphatic heterocycles. The van der Waals surface area contributed by atoms with Gasteiger partial charge in [0.05, 0.1) is 11.3 Å². The normalized spacial score (nSPS) is 10.9. The van der Waals surface area contributed by atoms with Crippen LogP contribution in [-0.2, 0) is 5.88 Å². The number of nitrogens with zero attached hydrogens (tertiary/aromatic N) is 5. The maximum Gasteiger partial charge on any atom is 0.278 e. The van der Waals surface area contributed by atoms with Crippen molar-refractivity contribution >= 4 is 39.1 Å². The first-order valence-corrected chi connectivity index (χ1v) is 8.11. The van der Waals surface area contributed by atoms with E-state index < -0.39 is 0 Å². The van der Waals surface area contributed by atoms with E-state index in [4.69, 9.17) is 0 Å². The van der Waals surface area contributed by atoms with Gasteiger partial charge in [-0.1, -0.05) is 40.4 Å². The smallest absolute Gasteiger partial charge is 0.278 e. The molecule has 9 heteroatoms. The van der Waals surface area contributed by atoms with Crippen LogP contribution in [0.2, 0.25) is 0 Å². The molecule has 0 bridgehead atoms. The number of thioether (sulfide) groups is 1. The fourth-order valence-electron chi connectivity index (χ4n) is 1.72. The third kappa shape index (κ3) is 3.03. The predicted molar refractivity (Wildman–Crippen MR) is 83.7 cm³/mol. The fraction of sp³-hybridized carbons (Fsp3) is 0.250. The Morgan fingerprint density at radius 1 is 1.29 bits per heavy atom. The van der Waals surface area contributed by atoms with E-state index in [1.54, 1.807) is 12.1 Å². The molecule has 0 radical (unpaired) electrons. The summed E-state index contributed by atoms with van der Waals surface area (Å²) in [5.74, 6) is 0.359. The van der Waals surface area contributed by atoms with E-state index >= 15 is 0 Å². The summed E-state index contributed by atoms with van der Waals surface area (Å²) in [5.41, 5.74) is 0.457. The topological polar surface area (TPSA) is 85.6 Å². The van der Waals surface area contributed by atoms with Crippen LogP contribution < -0.4 is 10.9 Å². The van der Waals surface area contributed by atoms with Crippen LogP contribution >= 0.6 is 23.1 Å². The molecular formula is C12H12N6OS2. The zero-order valence-electron chi connectivity index (χ0n) is 11.2. The monoisotopic (exact) mass is 320 g/mol.